The number of furan rings is 1. The molecular formula is C62H67BN2OS. The van der Waals surface area contributed by atoms with E-state index in [1.807, 2.05) is 0 Å². The van der Waals surface area contributed by atoms with Gasteiger partial charge in [-0.2, -0.15) is 0 Å². The fourth-order valence-corrected chi connectivity index (χ4v) is 13.9. The van der Waals surface area contributed by atoms with Crippen molar-refractivity contribution >= 4 is 99.9 Å². The van der Waals surface area contributed by atoms with Crippen LogP contribution in [0, 0.1) is 0 Å². The van der Waals surface area contributed by atoms with Gasteiger partial charge in [-0.05, 0) is 157 Å². The van der Waals surface area contributed by atoms with Gasteiger partial charge in [-0.25, -0.2) is 0 Å². The standard InChI is InChI=1S/C62H67BN2OS/c1-57(2,3)36-22-24-38(25-23-36)64-49-30-37(58(4,5)6)31-50-53(49)63(56-54(64)41-32-42-45(35-52(41)67-56)62(13,14)29-26-59(42,7)8)46-33-43-44(61(11,12)28-27-60(43,9)10)34-48(46)65(50)47-20-17-19-40-39-18-15-16-21-51(39)66-55(40)47/h15-25,30-35H,26-29H2,1-14H3. The maximum atomic E-state index is 7.01. The number of fused-ring (bicyclic) bond motifs is 11. The van der Waals surface area contributed by atoms with Crippen LogP contribution < -0.4 is 25.5 Å². The Bertz CT molecular complexity index is 3400. The first kappa shape index (κ1) is 43.1. The highest BCUT2D eigenvalue weighted by Crippen LogP contribution is 2.55. The van der Waals surface area contributed by atoms with Crippen molar-refractivity contribution in [3.8, 4) is 0 Å². The summed E-state index contributed by atoms with van der Waals surface area (Å²) in [6.45, 7) is 34.0. The number of hydrogen-bond acceptors (Lipinski definition) is 4. The predicted molar refractivity (Wildman–Crippen MR) is 291 cm³/mol. The number of hydrogen-bond donors (Lipinski definition) is 0. The molecule has 0 radical (unpaired) electrons. The van der Waals surface area contributed by atoms with Crippen LogP contribution in [0.2, 0.25) is 0 Å². The molecule has 0 bridgehead atoms. The summed E-state index contributed by atoms with van der Waals surface area (Å²) in [5, 5.41) is 3.69. The minimum Gasteiger partial charge on any atom is -0.454 e. The SMILES string of the molecule is CC(C)(C)c1ccc(N2c3cc(C(C)(C)C)cc4c3B(c3cc5c(cc3N4c3cccc4c3oc3ccccc34)C(C)(C)CCC5(C)C)c3sc4cc5c(cc4c32)C(C)(C)CCC5(C)C)cc1. The first-order valence-electron chi connectivity index (χ1n) is 25.0. The molecule has 0 spiro atoms. The Morgan fingerprint density at radius 3 is 1.69 bits per heavy atom. The number of benzene rings is 6. The van der Waals surface area contributed by atoms with Crippen LogP contribution in [0.1, 0.15) is 156 Å². The van der Waals surface area contributed by atoms with Crippen LogP contribution in [0.3, 0.4) is 0 Å². The summed E-state index contributed by atoms with van der Waals surface area (Å²) in [5.41, 5.74) is 21.0. The van der Waals surface area contributed by atoms with Gasteiger partial charge < -0.3 is 14.2 Å². The molecule has 0 N–H and O–H groups in total. The molecule has 2 aliphatic heterocycles. The average molecular weight is 899 g/mol. The molecule has 0 fully saturated rings. The Kier molecular flexibility index (Phi) is 8.81. The van der Waals surface area contributed by atoms with Crippen LogP contribution in [0.5, 0.6) is 0 Å². The number of thiophene rings is 1. The zero-order valence-electron chi connectivity index (χ0n) is 42.4. The van der Waals surface area contributed by atoms with Crippen LogP contribution in [0.25, 0.3) is 32.0 Å². The summed E-state index contributed by atoms with van der Waals surface area (Å²) in [4.78, 5) is 5.32. The van der Waals surface area contributed by atoms with Gasteiger partial charge in [-0.15, -0.1) is 11.3 Å². The summed E-state index contributed by atoms with van der Waals surface area (Å²) in [6.07, 6.45) is 4.70. The number of rotatable bonds is 2. The van der Waals surface area contributed by atoms with Crippen molar-refractivity contribution in [3.63, 3.8) is 0 Å². The largest absolute Gasteiger partial charge is 0.454 e. The van der Waals surface area contributed by atoms with Crippen molar-refractivity contribution in [1.82, 2.24) is 0 Å². The molecule has 0 amide bonds. The molecule has 2 aromatic heterocycles. The van der Waals surface area contributed by atoms with Crippen molar-refractivity contribution in [2.45, 2.75) is 155 Å². The van der Waals surface area contributed by atoms with Crippen LogP contribution in [0.15, 0.2) is 108 Å². The van der Waals surface area contributed by atoms with E-state index >= 15 is 0 Å². The molecule has 4 heterocycles. The Labute approximate surface area is 403 Å². The molecule has 12 rings (SSSR count). The Morgan fingerprint density at radius 2 is 1.06 bits per heavy atom. The van der Waals surface area contributed by atoms with E-state index in [2.05, 4.69) is 221 Å². The molecule has 0 atom stereocenters. The van der Waals surface area contributed by atoms with Crippen LogP contribution in [-0.4, -0.2) is 6.71 Å². The molecule has 0 unspecified atom stereocenters. The summed E-state index contributed by atoms with van der Waals surface area (Å²) in [7, 11) is 0. The second-order valence-electron chi connectivity index (χ2n) is 25.5. The number of anilines is 6. The van der Waals surface area contributed by atoms with E-state index in [0.29, 0.717) is 0 Å². The summed E-state index contributed by atoms with van der Waals surface area (Å²) in [6, 6.07) is 40.6. The zero-order valence-corrected chi connectivity index (χ0v) is 43.2. The van der Waals surface area contributed by atoms with Crippen LogP contribution >= 0.6 is 11.3 Å². The fourth-order valence-electron chi connectivity index (χ4n) is 12.6. The number of nitrogens with zero attached hydrogens (tertiary/aromatic N) is 2. The minimum absolute atomic E-state index is 0.0274. The maximum Gasteiger partial charge on any atom is 0.264 e. The minimum atomic E-state index is -0.131. The summed E-state index contributed by atoms with van der Waals surface area (Å²) in [5.74, 6) is 0. The average Bonchev–Trinajstić information content (AvgIpc) is 3.84. The van der Waals surface area contributed by atoms with Crippen molar-refractivity contribution in [3.05, 3.63) is 137 Å². The lowest BCUT2D eigenvalue weighted by atomic mass is 9.35. The quantitative estimate of drug-likeness (QED) is 0.161. The van der Waals surface area contributed by atoms with E-state index < -0.39 is 0 Å². The molecule has 8 aromatic rings. The second kappa shape index (κ2) is 13.7. The third-order valence-corrected chi connectivity index (χ3v) is 18.3. The molecular weight excluding hydrogens is 832 g/mol. The molecule has 2 aliphatic carbocycles. The smallest absolute Gasteiger partial charge is 0.264 e. The zero-order chi connectivity index (χ0) is 47.1. The van der Waals surface area contributed by atoms with E-state index in [-0.39, 0.29) is 39.2 Å². The highest BCUT2D eigenvalue weighted by molar-refractivity contribution is 7.33. The first-order valence-corrected chi connectivity index (χ1v) is 25.9. The van der Waals surface area contributed by atoms with Crippen molar-refractivity contribution in [1.29, 1.82) is 0 Å². The van der Waals surface area contributed by atoms with Gasteiger partial charge >= 0.3 is 0 Å². The third-order valence-electron chi connectivity index (χ3n) is 17.1. The Balaban J connectivity index is 1.25. The predicted octanol–water partition coefficient (Wildman–Crippen LogP) is 16.2. The molecule has 3 nitrogen and oxygen atoms in total. The van der Waals surface area contributed by atoms with Crippen LogP contribution in [0.4, 0.5) is 34.1 Å². The summed E-state index contributed by atoms with van der Waals surface area (Å²) < 4.78 is 9.85. The highest BCUT2D eigenvalue weighted by Gasteiger charge is 2.49. The van der Waals surface area contributed by atoms with Gasteiger partial charge in [-0.3, -0.25) is 0 Å². The third kappa shape index (κ3) is 6.21. The second-order valence-corrected chi connectivity index (χ2v) is 26.6. The van der Waals surface area contributed by atoms with Crippen molar-refractivity contribution < 1.29 is 4.42 Å². The van der Waals surface area contributed by atoms with Gasteiger partial charge in [0.1, 0.15) is 5.58 Å². The lowest BCUT2D eigenvalue weighted by Gasteiger charge is -2.47. The topological polar surface area (TPSA) is 19.6 Å². The normalized spacial score (nSPS) is 18.7. The van der Waals surface area contributed by atoms with Gasteiger partial charge in [0.15, 0.2) is 5.58 Å². The monoisotopic (exact) mass is 899 g/mol. The maximum absolute atomic E-state index is 7.01. The molecule has 0 saturated carbocycles. The first-order chi connectivity index (χ1) is 31.4. The van der Waals surface area contributed by atoms with Gasteiger partial charge in [0.05, 0.1) is 11.4 Å². The Morgan fingerprint density at radius 1 is 0.507 bits per heavy atom. The molecule has 6 aromatic carbocycles. The molecule has 4 aliphatic rings. The lowest BCUT2D eigenvalue weighted by molar-refractivity contribution is 0.332. The van der Waals surface area contributed by atoms with Crippen LogP contribution in [-0.2, 0) is 32.5 Å². The van der Waals surface area contributed by atoms with E-state index in [1.54, 1.807) is 0 Å². The number of para-hydroxylation sites is 2. The van der Waals surface area contributed by atoms with E-state index in [0.717, 1.165) is 34.0 Å². The Hall–Kier alpha value is -5.26. The van der Waals surface area contributed by atoms with Gasteiger partial charge in [0.25, 0.3) is 6.71 Å². The highest BCUT2D eigenvalue weighted by atomic mass is 32.1. The van der Waals surface area contributed by atoms with E-state index in [1.165, 1.54) is 107 Å². The van der Waals surface area contributed by atoms with Gasteiger partial charge in [0, 0.05) is 48.4 Å². The van der Waals surface area contributed by atoms with Crippen molar-refractivity contribution in [2.75, 3.05) is 9.80 Å². The van der Waals surface area contributed by atoms with E-state index in [4.69, 9.17) is 4.42 Å². The van der Waals surface area contributed by atoms with Crippen molar-refractivity contribution in [2.24, 2.45) is 0 Å². The molecule has 67 heavy (non-hydrogen) atoms. The molecule has 5 heteroatoms. The van der Waals surface area contributed by atoms with Gasteiger partial charge in [0.2, 0.25) is 0 Å². The fraction of sp³-hybridized carbons (Fsp3) is 0.387. The van der Waals surface area contributed by atoms with E-state index in [9.17, 15) is 0 Å². The molecule has 0 saturated heterocycles. The lowest BCUT2D eigenvalue weighted by Crippen LogP contribution is -2.61. The van der Waals surface area contributed by atoms with Gasteiger partial charge in [-0.1, -0.05) is 145 Å². The summed E-state index contributed by atoms with van der Waals surface area (Å²) >= 11 is 2.05. The molecule has 340 valence electrons.